The first-order valence-corrected chi connectivity index (χ1v) is 7.81. The summed E-state index contributed by atoms with van der Waals surface area (Å²) in [6.07, 6.45) is 4.49. The lowest BCUT2D eigenvalue weighted by Gasteiger charge is -2.29. The number of Topliss-reactive ketones (excluding diaryl/α,β-unsaturated/α-hetero) is 1. The maximum atomic E-state index is 12.1. The Bertz CT molecular complexity index is 393. The molecular weight excluding hydrogens is 242 g/mol. The lowest BCUT2D eigenvalue weighted by atomic mass is 9.99. The van der Waals surface area contributed by atoms with Crippen LogP contribution in [-0.2, 0) is 0 Å². The number of hydrogen-bond donors (Lipinski definition) is 0. The Morgan fingerprint density at radius 1 is 1.28 bits per heavy atom. The van der Waals surface area contributed by atoms with Gasteiger partial charge in [-0.15, -0.1) is 11.8 Å². The quantitative estimate of drug-likeness (QED) is 0.614. The Labute approximate surface area is 114 Å². The van der Waals surface area contributed by atoms with Gasteiger partial charge in [-0.2, -0.15) is 0 Å². The van der Waals surface area contributed by atoms with E-state index in [1.807, 2.05) is 30.5 Å². The van der Waals surface area contributed by atoms with Crippen molar-refractivity contribution >= 4 is 17.5 Å². The van der Waals surface area contributed by atoms with Gasteiger partial charge < -0.3 is 0 Å². The van der Waals surface area contributed by atoms with Crippen molar-refractivity contribution in [1.29, 1.82) is 0 Å². The molecule has 0 bridgehead atoms. The number of carbonyl (C=O) groups is 1. The van der Waals surface area contributed by atoms with Gasteiger partial charge in [-0.3, -0.25) is 9.69 Å². The van der Waals surface area contributed by atoms with E-state index in [0.717, 1.165) is 24.6 Å². The minimum absolute atomic E-state index is 0.247. The molecule has 3 heteroatoms. The first-order valence-electron chi connectivity index (χ1n) is 6.58. The number of nitrogens with zero attached hydrogens (tertiary/aromatic N) is 1. The van der Waals surface area contributed by atoms with Crippen LogP contribution in [0.15, 0.2) is 29.2 Å². The molecule has 2 rings (SSSR count). The van der Waals surface area contributed by atoms with E-state index in [1.165, 1.54) is 17.7 Å². The van der Waals surface area contributed by atoms with Crippen LogP contribution in [0.3, 0.4) is 0 Å². The molecule has 1 saturated heterocycles. The summed E-state index contributed by atoms with van der Waals surface area (Å²) in [6.45, 7) is 5.00. The predicted octanol–water partition coefficient (Wildman–Crippen LogP) is 3.32. The molecule has 98 valence electrons. The SMILES string of the molecule is CSc1ccc(C(=O)CN2CCC(C)CC2)cc1. The van der Waals surface area contributed by atoms with Gasteiger partial charge in [0.05, 0.1) is 6.54 Å². The number of likely N-dealkylation sites (tertiary alicyclic amines) is 1. The molecule has 2 nitrogen and oxygen atoms in total. The fourth-order valence-electron chi connectivity index (χ4n) is 2.29. The second-order valence-electron chi connectivity index (χ2n) is 5.11. The van der Waals surface area contributed by atoms with Crippen LogP contribution < -0.4 is 0 Å². The van der Waals surface area contributed by atoms with Gasteiger partial charge in [0.25, 0.3) is 0 Å². The van der Waals surface area contributed by atoms with Gasteiger partial charge in [0.2, 0.25) is 0 Å². The standard InChI is InChI=1S/C15H21NOS/c1-12-7-9-16(10-8-12)11-15(17)13-3-5-14(18-2)6-4-13/h3-6,12H,7-11H2,1-2H3. The number of hydrogen-bond acceptors (Lipinski definition) is 3. The van der Waals surface area contributed by atoms with Crippen LogP contribution >= 0.6 is 11.8 Å². The zero-order valence-electron chi connectivity index (χ0n) is 11.2. The highest BCUT2D eigenvalue weighted by Crippen LogP contribution is 2.18. The highest BCUT2D eigenvalue weighted by Gasteiger charge is 2.18. The van der Waals surface area contributed by atoms with Gasteiger partial charge in [0.15, 0.2) is 5.78 Å². The van der Waals surface area contributed by atoms with Gasteiger partial charge in [-0.05, 0) is 50.2 Å². The van der Waals surface area contributed by atoms with Crippen LogP contribution in [0.2, 0.25) is 0 Å². The van der Waals surface area contributed by atoms with E-state index in [2.05, 4.69) is 11.8 Å². The summed E-state index contributed by atoms with van der Waals surface area (Å²) in [4.78, 5) is 15.6. The molecule has 0 unspecified atom stereocenters. The molecule has 18 heavy (non-hydrogen) atoms. The molecule has 0 saturated carbocycles. The topological polar surface area (TPSA) is 20.3 Å². The van der Waals surface area contributed by atoms with Gasteiger partial charge in [-0.1, -0.05) is 19.1 Å². The summed E-state index contributed by atoms with van der Waals surface area (Å²) >= 11 is 1.70. The van der Waals surface area contributed by atoms with Crippen LogP contribution in [0.25, 0.3) is 0 Å². The molecule has 1 aliphatic rings. The maximum absolute atomic E-state index is 12.1. The molecule has 1 aliphatic heterocycles. The fourth-order valence-corrected chi connectivity index (χ4v) is 2.70. The Morgan fingerprint density at radius 2 is 1.89 bits per heavy atom. The van der Waals surface area contributed by atoms with Crippen molar-refractivity contribution in [2.75, 3.05) is 25.9 Å². The number of benzene rings is 1. The van der Waals surface area contributed by atoms with E-state index in [9.17, 15) is 4.79 Å². The molecule has 1 fully saturated rings. The first kappa shape index (κ1) is 13.6. The van der Waals surface area contributed by atoms with Crippen molar-refractivity contribution in [3.05, 3.63) is 29.8 Å². The van der Waals surface area contributed by atoms with Crippen molar-refractivity contribution in [2.24, 2.45) is 5.92 Å². The third kappa shape index (κ3) is 3.59. The van der Waals surface area contributed by atoms with Gasteiger partial charge >= 0.3 is 0 Å². The Hall–Kier alpha value is -0.800. The summed E-state index contributed by atoms with van der Waals surface area (Å²) in [5, 5.41) is 0. The summed E-state index contributed by atoms with van der Waals surface area (Å²) < 4.78 is 0. The van der Waals surface area contributed by atoms with E-state index in [4.69, 9.17) is 0 Å². The summed E-state index contributed by atoms with van der Waals surface area (Å²) in [7, 11) is 0. The zero-order valence-corrected chi connectivity index (χ0v) is 12.0. The van der Waals surface area contributed by atoms with Crippen molar-refractivity contribution < 1.29 is 4.79 Å². The fraction of sp³-hybridized carbons (Fsp3) is 0.533. The Kier molecular flexibility index (Phi) is 4.84. The van der Waals surface area contributed by atoms with E-state index in [0.29, 0.717) is 6.54 Å². The van der Waals surface area contributed by atoms with Crippen molar-refractivity contribution in [1.82, 2.24) is 4.90 Å². The second kappa shape index (κ2) is 6.39. The van der Waals surface area contributed by atoms with Crippen LogP contribution in [0.4, 0.5) is 0 Å². The Morgan fingerprint density at radius 3 is 2.44 bits per heavy atom. The van der Waals surface area contributed by atoms with E-state index < -0.39 is 0 Å². The van der Waals surface area contributed by atoms with Crippen molar-refractivity contribution in [3.63, 3.8) is 0 Å². The molecule has 1 aromatic rings. The summed E-state index contributed by atoms with van der Waals surface area (Å²) in [5.41, 5.74) is 0.839. The number of piperidine rings is 1. The van der Waals surface area contributed by atoms with E-state index >= 15 is 0 Å². The molecule has 1 heterocycles. The summed E-state index contributed by atoms with van der Waals surface area (Å²) in [5.74, 6) is 1.06. The van der Waals surface area contributed by atoms with Crippen LogP contribution in [-0.4, -0.2) is 36.6 Å². The molecule has 1 aromatic carbocycles. The smallest absolute Gasteiger partial charge is 0.176 e. The average molecular weight is 263 g/mol. The molecule has 0 atom stereocenters. The molecule has 0 N–H and O–H groups in total. The second-order valence-corrected chi connectivity index (χ2v) is 5.99. The van der Waals surface area contributed by atoms with Crippen molar-refractivity contribution in [3.8, 4) is 0 Å². The molecule has 0 radical (unpaired) electrons. The molecular formula is C15H21NOS. The lowest BCUT2D eigenvalue weighted by molar-refractivity contribution is 0.0900. The molecule has 0 amide bonds. The van der Waals surface area contributed by atoms with E-state index in [1.54, 1.807) is 11.8 Å². The minimum atomic E-state index is 0.247. The molecule has 0 aromatic heterocycles. The number of rotatable bonds is 4. The summed E-state index contributed by atoms with van der Waals surface area (Å²) in [6, 6.07) is 7.94. The molecule has 0 spiro atoms. The number of ketones is 1. The first-order chi connectivity index (χ1) is 8.69. The zero-order chi connectivity index (χ0) is 13.0. The monoisotopic (exact) mass is 263 g/mol. The van der Waals surface area contributed by atoms with Crippen LogP contribution in [0.5, 0.6) is 0 Å². The van der Waals surface area contributed by atoms with Gasteiger partial charge in [0.1, 0.15) is 0 Å². The van der Waals surface area contributed by atoms with Gasteiger partial charge in [0, 0.05) is 10.5 Å². The van der Waals surface area contributed by atoms with Crippen LogP contribution in [0, 0.1) is 5.92 Å². The number of thioether (sulfide) groups is 1. The highest BCUT2D eigenvalue weighted by molar-refractivity contribution is 7.98. The number of carbonyl (C=O) groups excluding carboxylic acids is 1. The largest absolute Gasteiger partial charge is 0.296 e. The highest BCUT2D eigenvalue weighted by atomic mass is 32.2. The third-order valence-electron chi connectivity index (χ3n) is 3.66. The average Bonchev–Trinajstić information content (AvgIpc) is 2.41. The predicted molar refractivity (Wildman–Crippen MR) is 77.4 cm³/mol. The normalized spacial score (nSPS) is 17.9. The minimum Gasteiger partial charge on any atom is -0.296 e. The van der Waals surface area contributed by atoms with E-state index in [-0.39, 0.29) is 5.78 Å². The molecule has 0 aliphatic carbocycles. The lowest BCUT2D eigenvalue weighted by Crippen LogP contribution is -2.36. The van der Waals surface area contributed by atoms with Gasteiger partial charge in [-0.25, -0.2) is 0 Å². The van der Waals surface area contributed by atoms with Crippen molar-refractivity contribution in [2.45, 2.75) is 24.7 Å². The maximum Gasteiger partial charge on any atom is 0.176 e. The third-order valence-corrected chi connectivity index (χ3v) is 4.40. The van der Waals surface area contributed by atoms with Crippen LogP contribution in [0.1, 0.15) is 30.1 Å². The Balaban J connectivity index is 1.90.